The number of benzene rings is 1. The molecule has 1 amide bonds. The zero-order chi connectivity index (χ0) is 20.4. The van der Waals surface area contributed by atoms with Crippen molar-refractivity contribution < 1.29 is 4.79 Å². The summed E-state index contributed by atoms with van der Waals surface area (Å²) in [7, 11) is 0. The number of halogens is 3. The molecule has 0 bridgehead atoms. The Hall–Kier alpha value is -2.56. The van der Waals surface area contributed by atoms with Crippen LogP contribution in [0.3, 0.4) is 0 Å². The average molecular weight is 538 g/mol. The van der Waals surface area contributed by atoms with Gasteiger partial charge in [0.05, 0.1) is 23.5 Å². The van der Waals surface area contributed by atoms with E-state index in [1.165, 1.54) is 4.68 Å². The first kappa shape index (κ1) is 19.7. The number of pyridine rings is 1. The van der Waals surface area contributed by atoms with Crippen LogP contribution in [0.2, 0.25) is 5.02 Å². The lowest BCUT2D eigenvalue weighted by molar-refractivity contribution is 0.0942. The maximum absolute atomic E-state index is 12.7. The first-order chi connectivity index (χ1) is 14.0. The van der Waals surface area contributed by atoms with E-state index < -0.39 is 0 Å². The number of hydrogen-bond donors (Lipinski definition) is 1. The zero-order valence-corrected chi connectivity index (χ0v) is 18.6. The predicted octanol–water partition coefficient (Wildman–Crippen LogP) is 3.96. The number of aromatic nitrogens is 6. The van der Waals surface area contributed by atoms with Crippen LogP contribution in [0.1, 0.15) is 16.2 Å². The molecule has 0 spiro atoms. The number of rotatable bonds is 5. The van der Waals surface area contributed by atoms with Crippen molar-refractivity contribution in [3.63, 3.8) is 0 Å². The summed E-state index contributed by atoms with van der Waals surface area (Å²) >= 11 is 12.9. The number of carbonyl (C=O) groups excluding carboxylic acids is 1. The van der Waals surface area contributed by atoms with Crippen LogP contribution in [0.5, 0.6) is 0 Å². The van der Waals surface area contributed by atoms with E-state index in [-0.39, 0.29) is 18.1 Å². The van der Waals surface area contributed by atoms with Gasteiger partial charge in [-0.25, -0.2) is 14.3 Å². The number of amides is 1. The maximum Gasteiger partial charge on any atom is 0.270 e. The van der Waals surface area contributed by atoms with Crippen LogP contribution >= 0.6 is 43.5 Å². The third-order valence-electron chi connectivity index (χ3n) is 3.90. The Labute approximate surface area is 187 Å². The Bertz CT molecular complexity index is 1190. The fraction of sp³-hybridized carbons (Fsp3) is 0.0556. The molecule has 0 unspecified atom stereocenters. The van der Waals surface area contributed by atoms with Gasteiger partial charge in [-0.05, 0) is 46.3 Å². The monoisotopic (exact) mass is 535 g/mol. The van der Waals surface area contributed by atoms with Crippen molar-refractivity contribution in [3.05, 3.63) is 80.3 Å². The molecule has 29 heavy (non-hydrogen) atoms. The quantitative estimate of drug-likeness (QED) is 0.416. The fourth-order valence-corrected chi connectivity index (χ4v) is 3.56. The zero-order valence-electron chi connectivity index (χ0n) is 14.6. The Kier molecular flexibility index (Phi) is 5.74. The normalized spacial score (nSPS) is 10.9. The SMILES string of the molecule is O=C(NCc1cn(-c2cccc(Br)c2)nn1)c1cc(Br)nn1-c1ncccc1Cl. The molecule has 0 aliphatic rings. The summed E-state index contributed by atoms with van der Waals surface area (Å²) in [6, 6.07) is 12.7. The second kappa shape index (κ2) is 8.44. The van der Waals surface area contributed by atoms with Crippen molar-refractivity contribution in [1.29, 1.82) is 0 Å². The minimum atomic E-state index is -0.345. The van der Waals surface area contributed by atoms with Crippen LogP contribution in [-0.2, 0) is 6.54 Å². The van der Waals surface area contributed by atoms with Crippen molar-refractivity contribution in [3.8, 4) is 11.5 Å². The Balaban J connectivity index is 1.51. The minimum Gasteiger partial charge on any atom is -0.345 e. The van der Waals surface area contributed by atoms with E-state index in [0.717, 1.165) is 10.2 Å². The molecule has 0 fully saturated rings. The molecule has 11 heteroatoms. The summed E-state index contributed by atoms with van der Waals surface area (Å²) in [5, 5.41) is 15.7. The van der Waals surface area contributed by atoms with Gasteiger partial charge in [-0.3, -0.25) is 4.79 Å². The van der Waals surface area contributed by atoms with E-state index >= 15 is 0 Å². The molecule has 4 rings (SSSR count). The van der Waals surface area contributed by atoms with E-state index in [1.807, 2.05) is 24.3 Å². The highest BCUT2D eigenvalue weighted by molar-refractivity contribution is 9.10. The first-order valence-electron chi connectivity index (χ1n) is 8.33. The third-order valence-corrected chi connectivity index (χ3v) is 5.07. The first-order valence-corrected chi connectivity index (χ1v) is 10.3. The van der Waals surface area contributed by atoms with Gasteiger partial charge in [-0.1, -0.05) is 38.8 Å². The van der Waals surface area contributed by atoms with E-state index in [1.54, 1.807) is 35.3 Å². The van der Waals surface area contributed by atoms with Crippen LogP contribution in [0, 0.1) is 0 Å². The van der Waals surface area contributed by atoms with Crippen molar-refractivity contribution >= 4 is 49.4 Å². The van der Waals surface area contributed by atoms with Gasteiger partial charge in [0.1, 0.15) is 16.0 Å². The minimum absolute atomic E-state index is 0.200. The van der Waals surface area contributed by atoms with Crippen LogP contribution in [0.4, 0.5) is 0 Å². The van der Waals surface area contributed by atoms with Crippen LogP contribution in [0.25, 0.3) is 11.5 Å². The summed E-state index contributed by atoms with van der Waals surface area (Å²) in [6.07, 6.45) is 3.34. The van der Waals surface area contributed by atoms with Gasteiger partial charge in [0.25, 0.3) is 5.91 Å². The molecule has 0 atom stereocenters. The summed E-state index contributed by atoms with van der Waals surface area (Å²) in [5.41, 5.74) is 1.76. The lowest BCUT2D eigenvalue weighted by Crippen LogP contribution is -2.26. The van der Waals surface area contributed by atoms with E-state index in [2.05, 4.69) is 57.6 Å². The van der Waals surface area contributed by atoms with E-state index in [9.17, 15) is 4.79 Å². The smallest absolute Gasteiger partial charge is 0.270 e. The van der Waals surface area contributed by atoms with Gasteiger partial charge in [-0.15, -0.1) is 5.10 Å². The molecule has 3 heterocycles. The van der Waals surface area contributed by atoms with Gasteiger partial charge in [0.2, 0.25) is 0 Å². The molecule has 1 aromatic carbocycles. The van der Waals surface area contributed by atoms with E-state index in [0.29, 0.717) is 21.1 Å². The molecular weight excluding hydrogens is 526 g/mol. The van der Waals surface area contributed by atoms with Gasteiger partial charge in [-0.2, -0.15) is 5.10 Å². The second-order valence-electron chi connectivity index (χ2n) is 5.89. The molecule has 8 nitrogen and oxygen atoms in total. The highest BCUT2D eigenvalue weighted by atomic mass is 79.9. The summed E-state index contributed by atoms with van der Waals surface area (Å²) in [6.45, 7) is 0.200. The van der Waals surface area contributed by atoms with Gasteiger partial charge < -0.3 is 5.32 Å². The molecule has 3 aromatic heterocycles. The van der Waals surface area contributed by atoms with Gasteiger partial charge in [0.15, 0.2) is 5.82 Å². The average Bonchev–Trinajstić information content (AvgIpc) is 3.33. The molecule has 4 aromatic rings. The lowest BCUT2D eigenvalue weighted by atomic mass is 10.3. The van der Waals surface area contributed by atoms with Crippen LogP contribution in [-0.4, -0.2) is 35.7 Å². The van der Waals surface area contributed by atoms with Crippen molar-refractivity contribution in [2.75, 3.05) is 0 Å². The highest BCUT2D eigenvalue weighted by Crippen LogP contribution is 2.21. The lowest BCUT2D eigenvalue weighted by Gasteiger charge is -2.07. The van der Waals surface area contributed by atoms with Gasteiger partial charge in [0, 0.05) is 16.7 Å². The van der Waals surface area contributed by atoms with Crippen LogP contribution in [0.15, 0.2) is 63.9 Å². The highest BCUT2D eigenvalue weighted by Gasteiger charge is 2.18. The number of nitrogens with one attached hydrogen (secondary N) is 1. The van der Waals surface area contributed by atoms with Crippen molar-refractivity contribution in [1.82, 2.24) is 35.1 Å². The molecule has 1 N–H and O–H groups in total. The third kappa shape index (κ3) is 4.39. The summed E-state index contributed by atoms with van der Waals surface area (Å²) in [5.74, 6) is 0.0209. The topological polar surface area (TPSA) is 90.5 Å². The number of nitrogens with zero attached hydrogens (tertiary/aromatic N) is 6. The molecule has 146 valence electrons. The second-order valence-corrected chi connectivity index (χ2v) is 8.03. The Morgan fingerprint density at radius 3 is 2.83 bits per heavy atom. The standard InChI is InChI=1S/C18H12Br2ClN7O/c19-11-3-1-4-13(7-11)27-10-12(24-26-27)9-23-18(29)15-8-16(20)25-28(15)17-14(21)5-2-6-22-17/h1-8,10H,9H2,(H,23,29). The molecular formula is C18H12Br2ClN7O. The van der Waals surface area contributed by atoms with Crippen LogP contribution < -0.4 is 5.32 Å². The predicted molar refractivity (Wildman–Crippen MR) is 114 cm³/mol. The van der Waals surface area contributed by atoms with E-state index in [4.69, 9.17) is 11.6 Å². The molecule has 0 saturated heterocycles. The number of carbonyl (C=O) groups is 1. The molecule has 0 radical (unpaired) electrons. The Morgan fingerprint density at radius 1 is 1.17 bits per heavy atom. The largest absolute Gasteiger partial charge is 0.345 e. The van der Waals surface area contributed by atoms with Gasteiger partial charge >= 0.3 is 0 Å². The molecule has 0 aliphatic heterocycles. The number of hydrogen-bond acceptors (Lipinski definition) is 5. The summed E-state index contributed by atoms with van der Waals surface area (Å²) in [4.78, 5) is 16.9. The Morgan fingerprint density at radius 2 is 2.03 bits per heavy atom. The maximum atomic E-state index is 12.7. The fourth-order valence-electron chi connectivity index (χ4n) is 2.59. The van der Waals surface area contributed by atoms with Crippen molar-refractivity contribution in [2.24, 2.45) is 0 Å². The molecule has 0 saturated carbocycles. The van der Waals surface area contributed by atoms with Crippen molar-refractivity contribution in [2.45, 2.75) is 6.54 Å². The summed E-state index contributed by atoms with van der Waals surface area (Å²) < 4.78 is 4.46. The molecule has 0 aliphatic carbocycles.